The molecule has 0 saturated carbocycles. The summed E-state index contributed by atoms with van der Waals surface area (Å²) < 4.78 is 14.9. The van der Waals surface area contributed by atoms with Crippen LogP contribution < -0.4 is 11.1 Å². The molecule has 19 heavy (non-hydrogen) atoms. The van der Waals surface area contributed by atoms with Crippen molar-refractivity contribution >= 4 is 5.91 Å². The van der Waals surface area contributed by atoms with E-state index in [1.807, 2.05) is 0 Å². The van der Waals surface area contributed by atoms with Crippen molar-refractivity contribution in [1.29, 1.82) is 0 Å². The third-order valence-corrected chi connectivity index (χ3v) is 2.50. The van der Waals surface area contributed by atoms with Gasteiger partial charge in [0.05, 0.1) is 30.5 Å². The standard InChI is InChI=1S/C12H14FN5O/c13-10-2-1-4-15-11(10)7-16-12(19)9-6-17-18(8-9)5-3-14/h1-2,4,6,8H,3,5,7,14H2,(H,16,19). The van der Waals surface area contributed by atoms with Gasteiger partial charge in [0, 0.05) is 18.9 Å². The summed E-state index contributed by atoms with van der Waals surface area (Å²) in [6, 6.07) is 2.80. The van der Waals surface area contributed by atoms with Crippen LogP contribution in [0.3, 0.4) is 0 Å². The summed E-state index contributed by atoms with van der Waals surface area (Å²) in [6.45, 7) is 1.03. The molecular weight excluding hydrogens is 249 g/mol. The normalized spacial score (nSPS) is 10.4. The number of nitrogens with one attached hydrogen (secondary N) is 1. The molecule has 0 unspecified atom stereocenters. The maximum absolute atomic E-state index is 13.3. The molecule has 2 rings (SSSR count). The van der Waals surface area contributed by atoms with Crippen molar-refractivity contribution < 1.29 is 9.18 Å². The Morgan fingerprint density at radius 1 is 1.53 bits per heavy atom. The zero-order valence-corrected chi connectivity index (χ0v) is 10.2. The fourth-order valence-corrected chi connectivity index (χ4v) is 1.55. The molecule has 0 radical (unpaired) electrons. The minimum absolute atomic E-state index is 0.0353. The minimum Gasteiger partial charge on any atom is -0.346 e. The Morgan fingerprint density at radius 2 is 2.37 bits per heavy atom. The van der Waals surface area contributed by atoms with Crippen LogP contribution in [0.25, 0.3) is 0 Å². The van der Waals surface area contributed by atoms with Crippen LogP contribution in [0.1, 0.15) is 16.1 Å². The SMILES string of the molecule is NCCn1cc(C(=O)NCc2ncccc2F)cn1. The first-order valence-corrected chi connectivity index (χ1v) is 5.81. The van der Waals surface area contributed by atoms with Gasteiger partial charge in [-0.1, -0.05) is 0 Å². The average Bonchev–Trinajstić information content (AvgIpc) is 2.87. The van der Waals surface area contributed by atoms with Crippen LogP contribution >= 0.6 is 0 Å². The highest BCUT2D eigenvalue weighted by molar-refractivity contribution is 5.93. The van der Waals surface area contributed by atoms with E-state index >= 15 is 0 Å². The van der Waals surface area contributed by atoms with Crippen LogP contribution in [0.15, 0.2) is 30.7 Å². The van der Waals surface area contributed by atoms with E-state index in [0.717, 1.165) is 0 Å². The van der Waals surface area contributed by atoms with Crippen molar-refractivity contribution in [2.75, 3.05) is 6.54 Å². The van der Waals surface area contributed by atoms with Gasteiger partial charge in [0.2, 0.25) is 0 Å². The van der Waals surface area contributed by atoms with Crippen molar-refractivity contribution in [3.05, 3.63) is 47.8 Å². The molecule has 2 heterocycles. The molecule has 0 aliphatic rings. The predicted octanol–water partition coefficient (Wildman–Crippen LogP) is 0.306. The van der Waals surface area contributed by atoms with Crippen LogP contribution in [0.4, 0.5) is 4.39 Å². The van der Waals surface area contributed by atoms with Gasteiger partial charge < -0.3 is 11.1 Å². The van der Waals surface area contributed by atoms with Crippen LogP contribution in [0.5, 0.6) is 0 Å². The Morgan fingerprint density at radius 3 is 3.11 bits per heavy atom. The highest BCUT2D eigenvalue weighted by Crippen LogP contribution is 2.03. The number of rotatable bonds is 5. The Hall–Kier alpha value is -2.28. The van der Waals surface area contributed by atoms with E-state index < -0.39 is 5.82 Å². The van der Waals surface area contributed by atoms with Crippen LogP contribution in [-0.2, 0) is 13.1 Å². The van der Waals surface area contributed by atoms with E-state index in [2.05, 4.69) is 15.4 Å². The number of carbonyl (C=O) groups excluding carboxylic acids is 1. The summed E-state index contributed by atoms with van der Waals surface area (Å²) in [6.07, 6.45) is 4.51. The van der Waals surface area contributed by atoms with Gasteiger partial charge in [-0.3, -0.25) is 14.5 Å². The molecule has 7 heteroatoms. The molecule has 0 fully saturated rings. The lowest BCUT2D eigenvalue weighted by Gasteiger charge is -2.03. The molecule has 3 N–H and O–H groups in total. The summed E-state index contributed by atoms with van der Waals surface area (Å²) >= 11 is 0. The van der Waals surface area contributed by atoms with E-state index in [-0.39, 0.29) is 18.1 Å². The van der Waals surface area contributed by atoms with Crippen molar-refractivity contribution in [1.82, 2.24) is 20.1 Å². The van der Waals surface area contributed by atoms with Crippen LogP contribution in [-0.4, -0.2) is 27.2 Å². The fraction of sp³-hybridized carbons (Fsp3) is 0.250. The van der Waals surface area contributed by atoms with Gasteiger partial charge in [0.1, 0.15) is 5.82 Å². The second kappa shape index (κ2) is 6.05. The molecule has 0 aromatic carbocycles. The monoisotopic (exact) mass is 263 g/mol. The number of hydrogen-bond donors (Lipinski definition) is 2. The molecule has 2 aromatic heterocycles. The number of aromatic nitrogens is 3. The van der Waals surface area contributed by atoms with Gasteiger partial charge in [-0.05, 0) is 12.1 Å². The van der Waals surface area contributed by atoms with E-state index in [9.17, 15) is 9.18 Å². The molecule has 6 nitrogen and oxygen atoms in total. The molecule has 0 spiro atoms. The number of halogens is 1. The number of hydrogen-bond acceptors (Lipinski definition) is 4. The van der Waals surface area contributed by atoms with Gasteiger partial charge in [0.25, 0.3) is 5.91 Å². The summed E-state index contributed by atoms with van der Waals surface area (Å²) in [5.74, 6) is -0.769. The maximum atomic E-state index is 13.3. The minimum atomic E-state index is -0.443. The molecule has 100 valence electrons. The van der Waals surface area contributed by atoms with E-state index in [1.165, 1.54) is 24.5 Å². The van der Waals surface area contributed by atoms with Crippen molar-refractivity contribution in [3.8, 4) is 0 Å². The maximum Gasteiger partial charge on any atom is 0.254 e. The first-order valence-electron chi connectivity index (χ1n) is 5.81. The summed E-state index contributed by atoms with van der Waals surface area (Å²) in [5.41, 5.74) is 5.99. The Labute approximate surface area is 109 Å². The second-order valence-corrected chi connectivity index (χ2v) is 3.90. The first-order chi connectivity index (χ1) is 9.20. The van der Waals surface area contributed by atoms with Crippen LogP contribution in [0, 0.1) is 5.82 Å². The zero-order valence-electron chi connectivity index (χ0n) is 10.2. The van der Waals surface area contributed by atoms with E-state index in [4.69, 9.17) is 5.73 Å². The van der Waals surface area contributed by atoms with Crippen molar-refractivity contribution in [3.63, 3.8) is 0 Å². The zero-order chi connectivity index (χ0) is 13.7. The summed E-state index contributed by atoms with van der Waals surface area (Å²) in [4.78, 5) is 15.7. The third-order valence-electron chi connectivity index (χ3n) is 2.50. The van der Waals surface area contributed by atoms with E-state index in [0.29, 0.717) is 18.7 Å². The molecule has 0 saturated heterocycles. The van der Waals surface area contributed by atoms with Gasteiger partial charge >= 0.3 is 0 Å². The summed E-state index contributed by atoms with van der Waals surface area (Å²) in [5, 5.41) is 6.57. The van der Waals surface area contributed by atoms with Gasteiger partial charge in [-0.25, -0.2) is 4.39 Å². The topological polar surface area (TPSA) is 85.8 Å². The molecule has 2 aromatic rings. The predicted molar refractivity (Wildman–Crippen MR) is 66.6 cm³/mol. The molecule has 0 aliphatic heterocycles. The third kappa shape index (κ3) is 3.35. The van der Waals surface area contributed by atoms with Crippen molar-refractivity contribution in [2.24, 2.45) is 5.73 Å². The Balaban J connectivity index is 1.95. The molecular formula is C12H14FN5O. The lowest BCUT2D eigenvalue weighted by molar-refractivity contribution is 0.0950. The van der Waals surface area contributed by atoms with Crippen molar-refractivity contribution in [2.45, 2.75) is 13.1 Å². The number of pyridine rings is 1. The molecule has 0 atom stereocenters. The summed E-state index contributed by atoms with van der Waals surface area (Å²) in [7, 11) is 0. The molecule has 0 aliphatic carbocycles. The van der Waals surface area contributed by atoms with Gasteiger partial charge in [0.15, 0.2) is 0 Å². The largest absolute Gasteiger partial charge is 0.346 e. The number of nitrogens with two attached hydrogens (primary N) is 1. The smallest absolute Gasteiger partial charge is 0.254 e. The lowest BCUT2D eigenvalue weighted by Crippen LogP contribution is -2.23. The average molecular weight is 263 g/mol. The number of amides is 1. The van der Waals surface area contributed by atoms with Gasteiger partial charge in [-0.15, -0.1) is 0 Å². The quantitative estimate of drug-likeness (QED) is 0.812. The Kier molecular flexibility index (Phi) is 4.19. The first kappa shape index (κ1) is 13.2. The molecule has 0 bridgehead atoms. The number of carbonyl (C=O) groups is 1. The highest BCUT2D eigenvalue weighted by atomic mass is 19.1. The number of nitrogens with zero attached hydrogens (tertiary/aromatic N) is 3. The highest BCUT2D eigenvalue weighted by Gasteiger charge is 2.10. The second-order valence-electron chi connectivity index (χ2n) is 3.90. The van der Waals surface area contributed by atoms with Gasteiger partial charge in [-0.2, -0.15) is 5.10 Å². The fourth-order valence-electron chi connectivity index (χ4n) is 1.55. The molecule has 1 amide bonds. The van der Waals surface area contributed by atoms with E-state index in [1.54, 1.807) is 10.9 Å². The lowest BCUT2D eigenvalue weighted by atomic mass is 10.3. The van der Waals surface area contributed by atoms with Crippen LogP contribution in [0.2, 0.25) is 0 Å². The Bertz CT molecular complexity index is 569.